The van der Waals surface area contributed by atoms with E-state index < -0.39 is 0 Å². The third-order valence-electron chi connectivity index (χ3n) is 9.68. The average molecular weight is 785 g/mol. The van der Waals surface area contributed by atoms with Crippen LogP contribution in [0.25, 0.3) is 6.08 Å². The van der Waals surface area contributed by atoms with Crippen LogP contribution in [0.3, 0.4) is 0 Å². The van der Waals surface area contributed by atoms with Gasteiger partial charge in [-0.05, 0) is 101 Å². The molecule has 0 atom stereocenters. The van der Waals surface area contributed by atoms with Crippen molar-refractivity contribution in [1.29, 1.82) is 0 Å². The van der Waals surface area contributed by atoms with Crippen molar-refractivity contribution in [3.8, 4) is 23.1 Å². The molecule has 0 bridgehead atoms. The van der Waals surface area contributed by atoms with Gasteiger partial charge in [0, 0.05) is 51.3 Å². The normalized spacial score (nSPS) is 13.2. The summed E-state index contributed by atoms with van der Waals surface area (Å²) in [6.07, 6.45) is 5.81. The van der Waals surface area contributed by atoms with E-state index in [9.17, 15) is 9.18 Å². The molecule has 4 aromatic carbocycles. The van der Waals surface area contributed by atoms with Crippen LogP contribution in [0.5, 0.6) is 23.1 Å². The number of benzene rings is 4. The zero-order valence-electron chi connectivity index (χ0n) is 31.8. The summed E-state index contributed by atoms with van der Waals surface area (Å²) < 4.78 is 31.6. The Balaban J connectivity index is 0.00000580. The number of rotatable bonds is 14. The number of halogens is 3. The Kier molecular flexibility index (Phi) is 14.7. The molecule has 0 unspecified atom stereocenters. The van der Waals surface area contributed by atoms with Gasteiger partial charge in [0.1, 0.15) is 23.9 Å². The van der Waals surface area contributed by atoms with Gasteiger partial charge in [-0.15, -0.1) is 12.4 Å². The minimum absolute atomic E-state index is 0. The van der Waals surface area contributed by atoms with E-state index in [2.05, 4.69) is 60.1 Å². The van der Waals surface area contributed by atoms with Gasteiger partial charge in [0.2, 0.25) is 11.8 Å². The molecule has 1 aliphatic rings. The van der Waals surface area contributed by atoms with Crippen molar-refractivity contribution >= 4 is 36.0 Å². The highest BCUT2D eigenvalue weighted by atomic mass is 35.5. The highest BCUT2D eigenvalue weighted by molar-refractivity contribution is 6.32. The smallest absolute Gasteiger partial charge is 0.246 e. The summed E-state index contributed by atoms with van der Waals surface area (Å²) in [4.78, 5) is 21.7. The monoisotopic (exact) mass is 783 g/mol. The highest BCUT2D eigenvalue weighted by Crippen LogP contribution is 2.34. The second-order valence-corrected chi connectivity index (χ2v) is 14.4. The molecule has 0 spiro atoms. The summed E-state index contributed by atoms with van der Waals surface area (Å²) in [7, 11) is 0. The minimum Gasteiger partial charge on any atom is -0.493 e. The Morgan fingerprint density at radius 1 is 0.891 bits per heavy atom. The summed E-state index contributed by atoms with van der Waals surface area (Å²) >= 11 is 6.63. The predicted molar refractivity (Wildman–Crippen MR) is 220 cm³/mol. The Morgan fingerprint density at radius 2 is 1.60 bits per heavy atom. The van der Waals surface area contributed by atoms with Crippen molar-refractivity contribution in [3.05, 3.63) is 153 Å². The lowest BCUT2D eigenvalue weighted by Gasteiger charge is -2.34. The number of pyridine rings is 1. The van der Waals surface area contributed by atoms with Gasteiger partial charge >= 0.3 is 0 Å². The molecule has 55 heavy (non-hydrogen) atoms. The second-order valence-electron chi connectivity index (χ2n) is 14.0. The predicted octanol–water partition coefficient (Wildman–Crippen LogP) is 10.4. The van der Waals surface area contributed by atoms with Crippen LogP contribution in [0.2, 0.25) is 5.02 Å². The van der Waals surface area contributed by atoms with Crippen LogP contribution in [-0.2, 0) is 24.4 Å². The molecule has 1 saturated heterocycles. The molecule has 0 N–H and O–H groups in total. The van der Waals surface area contributed by atoms with E-state index in [4.69, 9.17) is 25.8 Å². The maximum absolute atomic E-state index is 13.8. The molecule has 288 valence electrons. The largest absolute Gasteiger partial charge is 0.493 e. The molecule has 5 aromatic rings. The van der Waals surface area contributed by atoms with Gasteiger partial charge in [-0.2, -0.15) is 0 Å². The number of hydrogen-bond acceptors (Lipinski definition) is 6. The maximum atomic E-state index is 13.8. The number of aryl methyl sites for hydroxylation is 1. The number of hydrogen-bond donors (Lipinski definition) is 0. The first-order chi connectivity index (χ1) is 26.1. The van der Waals surface area contributed by atoms with E-state index in [0.29, 0.717) is 53.6 Å². The molecule has 7 nitrogen and oxygen atoms in total. The van der Waals surface area contributed by atoms with Crippen molar-refractivity contribution in [3.63, 3.8) is 0 Å². The van der Waals surface area contributed by atoms with Crippen molar-refractivity contribution in [2.24, 2.45) is 0 Å². The lowest BCUT2D eigenvalue weighted by atomic mass is 10.0. The fourth-order valence-corrected chi connectivity index (χ4v) is 6.59. The topological polar surface area (TPSA) is 64.1 Å². The molecule has 1 amide bonds. The number of nitrogens with zero attached hydrogens (tertiary/aromatic N) is 3. The lowest BCUT2D eigenvalue weighted by molar-refractivity contribution is -0.127. The number of aromatic nitrogens is 1. The van der Waals surface area contributed by atoms with E-state index in [0.717, 1.165) is 48.5 Å². The molecular weight excluding hydrogens is 736 g/mol. The molecule has 2 heterocycles. The molecule has 6 rings (SSSR count). The fourth-order valence-electron chi connectivity index (χ4n) is 6.27. The van der Waals surface area contributed by atoms with E-state index in [1.54, 1.807) is 49.5 Å². The van der Waals surface area contributed by atoms with E-state index in [1.165, 1.54) is 22.8 Å². The number of carbonyl (C=O) groups is 1. The highest BCUT2D eigenvalue weighted by Gasteiger charge is 2.20. The molecule has 10 heteroatoms. The van der Waals surface area contributed by atoms with Crippen molar-refractivity contribution in [2.45, 2.75) is 53.2 Å². The van der Waals surface area contributed by atoms with Crippen LogP contribution < -0.4 is 14.2 Å². The summed E-state index contributed by atoms with van der Waals surface area (Å²) in [5, 5.41) is 0.410. The van der Waals surface area contributed by atoms with E-state index in [-0.39, 0.29) is 30.7 Å². The number of piperazine rings is 1. The van der Waals surface area contributed by atoms with E-state index in [1.807, 2.05) is 36.1 Å². The van der Waals surface area contributed by atoms with Crippen LogP contribution >= 0.6 is 24.0 Å². The standard InChI is InChI=1S/C45H47ClFN3O4.ClH/c1-31(2)37-13-15-39(16-14-37)52-25-20-34-8-10-35(11-9-34)29-49-21-23-50(24-22-49)44(51)19-12-36-26-32(3)45(41(46)27-36)54-43-18-17-40(28-48-43)53-30-38-6-5-7-42(47)33(38)4;/h5-19,26-28,31H,20-25,29-30H2,1-4H3;1H. The Labute approximate surface area is 335 Å². The zero-order chi connectivity index (χ0) is 38.0. The Morgan fingerprint density at radius 3 is 2.27 bits per heavy atom. The van der Waals surface area contributed by atoms with Crippen molar-refractivity contribution < 1.29 is 23.4 Å². The number of carbonyl (C=O) groups excluding carboxylic acids is 1. The summed E-state index contributed by atoms with van der Waals surface area (Å²) in [6.45, 7) is 12.7. The van der Waals surface area contributed by atoms with Crippen LogP contribution in [0, 0.1) is 19.7 Å². The zero-order valence-corrected chi connectivity index (χ0v) is 33.3. The first-order valence-electron chi connectivity index (χ1n) is 18.4. The SMILES string of the molecule is Cc1cc(C=CC(=O)N2CCN(Cc3ccc(CCOc4ccc(C(C)C)cc4)cc3)CC2)cc(Cl)c1Oc1ccc(OCc2cccc(F)c2C)cn1.Cl. The first-order valence-corrected chi connectivity index (χ1v) is 18.8. The summed E-state index contributed by atoms with van der Waals surface area (Å²) in [6, 6.07) is 29.2. The van der Waals surface area contributed by atoms with Gasteiger partial charge < -0.3 is 19.1 Å². The fraction of sp³-hybridized carbons (Fsp3) is 0.289. The minimum atomic E-state index is -0.261. The molecular formula is C45H48Cl2FN3O4. The van der Waals surface area contributed by atoms with Crippen LogP contribution in [0.4, 0.5) is 4.39 Å². The second kappa shape index (κ2) is 19.6. The van der Waals surface area contributed by atoms with Crippen LogP contribution in [-0.4, -0.2) is 53.5 Å². The molecule has 1 aliphatic heterocycles. The van der Waals surface area contributed by atoms with Gasteiger partial charge in [-0.1, -0.05) is 74.0 Å². The molecule has 0 radical (unpaired) electrons. The third kappa shape index (κ3) is 11.6. The first kappa shape index (κ1) is 41.3. The Bertz CT molecular complexity index is 2020. The van der Waals surface area contributed by atoms with Crippen molar-refractivity contribution in [1.82, 2.24) is 14.8 Å². The average Bonchev–Trinajstić information content (AvgIpc) is 3.17. The molecule has 1 aromatic heterocycles. The molecule has 1 fully saturated rings. The van der Waals surface area contributed by atoms with Gasteiger partial charge in [0.15, 0.2) is 5.75 Å². The number of ether oxygens (including phenoxy) is 3. The van der Waals surface area contributed by atoms with Gasteiger partial charge in [0.25, 0.3) is 0 Å². The maximum Gasteiger partial charge on any atom is 0.246 e. The van der Waals surface area contributed by atoms with Crippen molar-refractivity contribution in [2.75, 3.05) is 32.8 Å². The van der Waals surface area contributed by atoms with Gasteiger partial charge in [0.05, 0.1) is 17.8 Å². The van der Waals surface area contributed by atoms with Gasteiger partial charge in [-0.3, -0.25) is 9.69 Å². The Hall–Kier alpha value is -4.89. The summed E-state index contributed by atoms with van der Waals surface area (Å²) in [5.74, 6) is 2.51. The third-order valence-corrected chi connectivity index (χ3v) is 9.96. The van der Waals surface area contributed by atoms with Crippen LogP contribution in [0.1, 0.15) is 58.7 Å². The molecule has 0 saturated carbocycles. The van der Waals surface area contributed by atoms with E-state index >= 15 is 0 Å². The lowest BCUT2D eigenvalue weighted by Crippen LogP contribution is -2.47. The molecule has 0 aliphatic carbocycles. The summed E-state index contributed by atoms with van der Waals surface area (Å²) in [5.41, 5.74) is 6.77. The number of amides is 1. The van der Waals surface area contributed by atoms with Gasteiger partial charge in [-0.25, -0.2) is 9.37 Å². The van der Waals surface area contributed by atoms with Crippen LogP contribution in [0.15, 0.2) is 103 Å². The quantitative estimate of drug-likeness (QED) is 0.105.